The Labute approximate surface area is 185 Å². The van der Waals surface area contributed by atoms with E-state index in [1.54, 1.807) is 18.0 Å². The molecule has 2 amide bonds. The minimum atomic E-state index is -1.17. The number of pyridine rings is 1. The third-order valence-corrected chi connectivity index (χ3v) is 10.1. The molecule has 2 aromatic heterocycles. The van der Waals surface area contributed by atoms with E-state index in [0.717, 1.165) is 26.8 Å². The molecule has 160 valence electrons. The highest BCUT2D eigenvalue weighted by Crippen LogP contribution is 2.68. The summed E-state index contributed by atoms with van der Waals surface area (Å²) in [7, 11) is 0. The first-order chi connectivity index (χ1) is 14.9. The summed E-state index contributed by atoms with van der Waals surface area (Å²) >= 11 is 2.82. The van der Waals surface area contributed by atoms with Crippen LogP contribution in [0.15, 0.2) is 34.3 Å². The van der Waals surface area contributed by atoms with Crippen LogP contribution in [-0.4, -0.2) is 49.0 Å². The van der Waals surface area contributed by atoms with Gasteiger partial charge in [-0.2, -0.15) is 0 Å². The van der Waals surface area contributed by atoms with Crippen molar-refractivity contribution in [1.29, 1.82) is 0 Å². The number of hydrogen-bond acceptors (Lipinski definition) is 7. The second-order valence-electron chi connectivity index (χ2n) is 8.81. The van der Waals surface area contributed by atoms with Gasteiger partial charge in [-0.25, -0.2) is 4.79 Å². The number of H-pyrrole nitrogens is 1. The monoisotopic (exact) mass is 457 g/mol. The number of carboxylic acid groups (broad SMARTS) is 1. The van der Waals surface area contributed by atoms with Crippen LogP contribution in [0.3, 0.4) is 0 Å². The van der Waals surface area contributed by atoms with Crippen molar-refractivity contribution in [2.75, 3.05) is 0 Å². The third-order valence-electron chi connectivity index (χ3n) is 7.55. The van der Waals surface area contributed by atoms with Gasteiger partial charge in [0.1, 0.15) is 6.04 Å². The summed E-state index contributed by atoms with van der Waals surface area (Å²) in [5, 5.41) is 10.4. The standard InChI is InChI=1S/C21H19N3O5S2/c1-7(20(27)28)24-18(25)13-9-5-10(14(13)19(24)26)15-12(9)11(8-3-2-4-22-6-8)16-17(30-15)23-21(29)31-16/h2-4,6-7,9-15H,5H2,1H3,(H,23,29)(H,27,28)/t7-,9+,10-,11-,12-,13+,14-,15+/m0/s1. The molecule has 6 rings (SSSR count). The fourth-order valence-electron chi connectivity index (χ4n) is 6.47. The molecule has 2 N–H and O–H groups in total. The SMILES string of the molecule is C[C@@H](C(=O)O)N1C(=O)[C@@H]2[C@@H]3C[C@H]([C@H]4Sc5[nH]c(=O)sc5[C@@H](c5cccnc5)[C@H]34)[C@@H]2C1=O. The molecule has 0 unspecified atom stereocenters. The number of thiazole rings is 1. The Balaban J connectivity index is 1.46. The van der Waals surface area contributed by atoms with Gasteiger partial charge in [0.2, 0.25) is 11.8 Å². The van der Waals surface area contributed by atoms with Gasteiger partial charge in [0, 0.05) is 28.4 Å². The Morgan fingerprint density at radius 2 is 2.00 bits per heavy atom. The molecule has 4 heterocycles. The normalized spacial score (nSPS) is 36.3. The molecule has 3 fully saturated rings. The minimum Gasteiger partial charge on any atom is -0.480 e. The Hall–Kier alpha value is -2.46. The number of imide groups is 1. The van der Waals surface area contributed by atoms with Gasteiger partial charge in [-0.1, -0.05) is 17.4 Å². The number of likely N-dealkylation sites (tertiary alicyclic amines) is 1. The molecule has 10 heteroatoms. The van der Waals surface area contributed by atoms with Gasteiger partial charge in [-0.15, -0.1) is 11.8 Å². The van der Waals surface area contributed by atoms with Crippen molar-refractivity contribution in [2.45, 2.75) is 35.6 Å². The lowest BCUT2D eigenvalue weighted by Crippen LogP contribution is -2.44. The number of aromatic amines is 1. The summed E-state index contributed by atoms with van der Waals surface area (Å²) in [6.45, 7) is 1.39. The lowest BCUT2D eigenvalue weighted by molar-refractivity contribution is -0.154. The van der Waals surface area contributed by atoms with Crippen LogP contribution in [0.25, 0.3) is 0 Å². The molecule has 2 saturated carbocycles. The molecule has 31 heavy (non-hydrogen) atoms. The average Bonchev–Trinajstić information content (AvgIpc) is 3.47. The number of aliphatic carboxylic acids is 1. The predicted molar refractivity (Wildman–Crippen MR) is 112 cm³/mol. The quantitative estimate of drug-likeness (QED) is 0.674. The van der Waals surface area contributed by atoms with Crippen molar-refractivity contribution in [2.24, 2.45) is 29.6 Å². The molecule has 4 aliphatic rings. The van der Waals surface area contributed by atoms with E-state index in [1.807, 2.05) is 18.3 Å². The maximum Gasteiger partial charge on any atom is 0.326 e. The number of carbonyl (C=O) groups is 3. The van der Waals surface area contributed by atoms with Crippen molar-refractivity contribution < 1.29 is 19.5 Å². The van der Waals surface area contributed by atoms with Crippen LogP contribution in [0.2, 0.25) is 0 Å². The van der Waals surface area contributed by atoms with E-state index in [0.29, 0.717) is 0 Å². The summed E-state index contributed by atoms with van der Waals surface area (Å²) in [5.74, 6) is -2.81. The van der Waals surface area contributed by atoms with E-state index in [4.69, 9.17) is 0 Å². The highest BCUT2D eigenvalue weighted by molar-refractivity contribution is 8.00. The van der Waals surface area contributed by atoms with Crippen LogP contribution in [0.5, 0.6) is 0 Å². The van der Waals surface area contributed by atoms with Gasteiger partial charge in [0.05, 0.1) is 16.9 Å². The van der Waals surface area contributed by atoms with Gasteiger partial charge in [-0.3, -0.25) is 24.3 Å². The molecule has 2 aromatic rings. The van der Waals surface area contributed by atoms with Crippen LogP contribution in [0, 0.1) is 29.6 Å². The Kier molecular flexibility index (Phi) is 4.05. The number of amides is 2. The first-order valence-corrected chi connectivity index (χ1v) is 12.0. The number of fused-ring (bicyclic) bond motifs is 9. The highest BCUT2D eigenvalue weighted by Gasteiger charge is 2.70. The second-order valence-corrected chi connectivity index (χ2v) is 11.0. The van der Waals surface area contributed by atoms with Crippen LogP contribution in [-0.2, 0) is 14.4 Å². The van der Waals surface area contributed by atoms with Crippen LogP contribution < -0.4 is 4.87 Å². The smallest absolute Gasteiger partial charge is 0.326 e. The molecule has 2 bridgehead atoms. The molecule has 2 aliphatic carbocycles. The number of carboxylic acids is 1. The van der Waals surface area contributed by atoms with E-state index in [9.17, 15) is 24.3 Å². The molecule has 2 aliphatic heterocycles. The minimum absolute atomic E-state index is 0.0110. The van der Waals surface area contributed by atoms with Crippen molar-refractivity contribution in [3.05, 3.63) is 44.6 Å². The molecule has 1 saturated heterocycles. The van der Waals surface area contributed by atoms with Crippen molar-refractivity contribution in [1.82, 2.24) is 14.9 Å². The number of hydrogen-bond donors (Lipinski definition) is 2. The number of rotatable bonds is 3. The van der Waals surface area contributed by atoms with Crippen LogP contribution in [0.1, 0.15) is 29.7 Å². The average molecular weight is 458 g/mol. The van der Waals surface area contributed by atoms with Gasteiger partial charge in [0.15, 0.2) is 0 Å². The van der Waals surface area contributed by atoms with E-state index in [2.05, 4.69) is 9.97 Å². The topological polar surface area (TPSA) is 120 Å². The summed E-state index contributed by atoms with van der Waals surface area (Å²) in [6, 6.07) is 2.71. The summed E-state index contributed by atoms with van der Waals surface area (Å²) in [6.07, 6.45) is 4.30. The van der Waals surface area contributed by atoms with E-state index in [-0.39, 0.29) is 45.6 Å². The first kappa shape index (κ1) is 19.2. The maximum atomic E-state index is 13.3. The van der Waals surface area contributed by atoms with E-state index in [1.165, 1.54) is 18.3 Å². The van der Waals surface area contributed by atoms with Gasteiger partial charge in [0.25, 0.3) is 0 Å². The van der Waals surface area contributed by atoms with Crippen molar-refractivity contribution in [3.63, 3.8) is 0 Å². The molecular weight excluding hydrogens is 438 g/mol. The number of nitrogens with zero attached hydrogens (tertiary/aromatic N) is 2. The second kappa shape index (κ2) is 6.52. The van der Waals surface area contributed by atoms with Crippen molar-refractivity contribution >= 4 is 40.9 Å². The number of thioether (sulfide) groups is 1. The molecule has 8 atom stereocenters. The molecule has 0 spiro atoms. The predicted octanol–water partition coefficient (Wildman–Crippen LogP) is 1.78. The maximum absolute atomic E-state index is 13.3. The van der Waals surface area contributed by atoms with Gasteiger partial charge < -0.3 is 10.1 Å². The summed E-state index contributed by atoms with van der Waals surface area (Å²) in [4.78, 5) is 59.2. The highest BCUT2D eigenvalue weighted by atomic mass is 32.2. The van der Waals surface area contributed by atoms with Crippen LogP contribution in [0.4, 0.5) is 0 Å². The number of aromatic nitrogens is 2. The van der Waals surface area contributed by atoms with Gasteiger partial charge in [-0.05, 0) is 42.7 Å². The lowest BCUT2D eigenvalue weighted by Gasteiger charge is -2.42. The fourth-order valence-corrected chi connectivity index (χ4v) is 9.35. The zero-order chi connectivity index (χ0) is 21.6. The molecule has 0 aromatic carbocycles. The van der Waals surface area contributed by atoms with E-state index >= 15 is 0 Å². The summed E-state index contributed by atoms with van der Waals surface area (Å²) in [5.41, 5.74) is 1.01. The van der Waals surface area contributed by atoms with Crippen molar-refractivity contribution in [3.8, 4) is 0 Å². The Morgan fingerprint density at radius 3 is 2.68 bits per heavy atom. The van der Waals surface area contributed by atoms with Crippen LogP contribution >= 0.6 is 23.1 Å². The first-order valence-electron chi connectivity index (χ1n) is 10.3. The lowest BCUT2D eigenvalue weighted by atomic mass is 9.68. The van der Waals surface area contributed by atoms with E-state index < -0.39 is 23.8 Å². The molecule has 8 nitrogen and oxygen atoms in total. The zero-order valence-electron chi connectivity index (χ0n) is 16.4. The number of carbonyl (C=O) groups excluding carboxylic acids is 2. The van der Waals surface area contributed by atoms with Gasteiger partial charge >= 0.3 is 10.8 Å². The third kappa shape index (κ3) is 2.46. The Bertz CT molecular complexity index is 1180. The fraction of sp³-hybridized carbons (Fsp3) is 0.476. The summed E-state index contributed by atoms with van der Waals surface area (Å²) < 4.78 is 0. The zero-order valence-corrected chi connectivity index (χ0v) is 18.1. The molecule has 0 radical (unpaired) electrons. The molecular formula is C21H19N3O5S2. The number of nitrogens with one attached hydrogen (secondary N) is 1. The Morgan fingerprint density at radius 1 is 1.26 bits per heavy atom. The largest absolute Gasteiger partial charge is 0.480 e.